The summed E-state index contributed by atoms with van der Waals surface area (Å²) >= 11 is 0. The molecule has 0 saturated heterocycles. The van der Waals surface area contributed by atoms with Crippen LogP contribution in [0.3, 0.4) is 0 Å². The van der Waals surface area contributed by atoms with Crippen LogP contribution in [-0.2, 0) is 0 Å². The fourth-order valence-electron chi connectivity index (χ4n) is 0.285. The first kappa shape index (κ1) is 10.2. The van der Waals surface area contributed by atoms with Crippen molar-refractivity contribution in [2.45, 2.75) is 13.8 Å². The summed E-state index contributed by atoms with van der Waals surface area (Å²) in [6.07, 6.45) is 0. The van der Waals surface area contributed by atoms with E-state index in [2.05, 4.69) is 13.2 Å². The van der Waals surface area contributed by atoms with E-state index >= 15 is 0 Å². The van der Waals surface area contributed by atoms with Gasteiger partial charge in [-0.2, -0.15) is 0 Å². The van der Waals surface area contributed by atoms with Crippen LogP contribution in [-0.4, -0.2) is 11.5 Å². The molecule has 0 aromatic heterocycles. The highest BCUT2D eigenvalue weighted by molar-refractivity contribution is 8.76. The zero-order valence-corrected chi connectivity index (χ0v) is 8.28. The van der Waals surface area contributed by atoms with Gasteiger partial charge >= 0.3 is 0 Å². The lowest BCUT2D eigenvalue weighted by Gasteiger charge is -1.98. The van der Waals surface area contributed by atoms with Gasteiger partial charge in [-0.1, -0.05) is 45.9 Å². The Morgan fingerprint density at radius 2 is 1.30 bits per heavy atom. The average Bonchev–Trinajstić information content (AvgIpc) is 1.79. The van der Waals surface area contributed by atoms with Crippen LogP contribution in [0.4, 0.5) is 0 Å². The van der Waals surface area contributed by atoms with Gasteiger partial charge < -0.3 is 0 Å². The normalized spacial score (nSPS) is 9.40. The van der Waals surface area contributed by atoms with Crippen LogP contribution in [0.25, 0.3) is 0 Å². The third-order valence-electron chi connectivity index (χ3n) is 0.694. The molecule has 0 heterocycles. The van der Waals surface area contributed by atoms with E-state index in [-0.39, 0.29) is 0 Å². The van der Waals surface area contributed by atoms with Crippen LogP contribution in [0.1, 0.15) is 13.8 Å². The van der Waals surface area contributed by atoms with Gasteiger partial charge in [0.05, 0.1) is 0 Å². The summed E-state index contributed by atoms with van der Waals surface area (Å²) in [5.74, 6) is 2.11. The fourth-order valence-corrected chi connectivity index (χ4v) is 2.56. The topological polar surface area (TPSA) is 0 Å². The lowest BCUT2D eigenvalue weighted by Crippen LogP contribution is -1.77. The van der Waals surface area contributed by atoms with Crippen LogP contribution in [0.15, 0.2) is 24.3 Å². The first-order valence-corrected chi connectivity index (χ1v) is 5.65. The molecule has 2 heteroatoms. The molecule has 0 nitrogen and oxygen atoms in total. The summed E-state index contributed by atoms with van der Waals surface area (Å²) in [5, 5.41) is 0. The summed E-state index contributed by atoms with van der Waals surface area (Å²) in [5.41, 5.74) is 2.47. The van der Waals surface area contributed by atoms with Crippen molar-refractivity contribution >= 4 is 21.6 Å². The second-order valence-electron chi connectivity index (χ2n) is 2.44. The van der Waals surface area contributed by atoms with Crippen LogP contribution < -0.4 is 0 Å². The molecular formula is C8H14S2. The maximum Gasteiger partial charge on any atom is 0.0242 e. The maximum absolute atomic E-state index is 3.82. The Bertz CT molecular complexity index is 111. The van der Waals surface area contributed by atoms with Gasteiger partial charge in [-0.05, 0) is 13.8 Å². The molecule has 0 aliphatic carbocycles. The zero-order chi connectivity index (χ0) is 7.98. The minimum atomic E-state index is 1.05. The molecule has 58 valence electrons. The summed E-state index contributed by atoms with van der Waals surface area (Å²) in [6, 6.07) is 0. The van der Waals surface area contributed by atoms with Crippen molar-refractivity contribution in [2.24, 2.45) is 0 Å². The smallest absolute Gasteiger partial charge is 0.0242 e. The molecule has 0 spiro atoms. The van der Waals surface area contributed by atoms with E-state index in [1.165, 1.54) is 11.1 Å². The summed E-state index contributed by atoms with van der Waals surface area (Å²) < 4.78 is 0. The number of hydrogen-bond acceptors (Lipinski definition) is 2. The first-order chi connectivity index (χ1) is 4.63. The third-order valence-corrected chi connectivity index (χ3v) is 3.29. The van der Waals surface area contributed by atoms with Gasteiger partial charge in [-0.3, -0.25) is 0 Å². The molecule has 0 N–H and O–H groups in total. The standard InChI is InChI=1S/C8H14S2/c1-7(2)5-9-10-6-8(3)4/h1,3,5-6H2,2,4H3. The monoisotopic (exact) mass is 174 g/mol. The van der Waals surface area contributed by atoms with Gasteiger partial charge in [-0.25, -0.2) is 0 Å². The van der Waals surface area contributed by atoms with Crippen molar-refractivity contribution in [3.63, 3.8) is 0 Å². The predicted molar refractivity (Wildman–Crippen MR) is 54.5 cm³/mol. The molecule has 0 aliphatic heterocycles. The van der Waals surface area contributed by atoms with E-state index in [1.54, 1.807) is 0 Å². The van der Waals surface area contributed by atoms with Gasteiger partial charge in [0.1, 0.15) is 0 Å². The Morgan fingerprint density at radius 3 is 1.50 bits per heavy atom. The van der Waals surface area contributed by atoms with Crippen molar-refractivity contribution in [2.75, 3.05) is 11.5 Å². The van der Waals surface area contributed by atoms with E-state index in [9.17, 15) is 0 Å². The molecule has 0 aromatic rings. The predicted octanol–water partition coefficient (Wildman–Crippen LogP) is 3.52. The Morgan fingerprint density at radius 1 is 1.00 bits per heavy atom. The lowest BCUT2D eigenvalue weighted by molar-refractivity contribution is 1.44. The quantitative estimate of drug-likeness (QED) is 0.355. The van der Waals surface area contributed by atoms with E-state index in [4.69, 9.17) is 0 Å². The van der Waals surface area contributed by atoms with Gasteiger partial charge in [-0.15, -0.1) is 0 Å². The Kier molecular flexibility index (Phi) is 6.03. The summed E-state index contributed by atoms with van der Waals surface area (Å²) in [7, 11) is 3.69. The molecule has 0 saturated carbocycles. The summed E-state index contributed by atoms with van der Waals surface area (Å²) in [6.45, 7) is 11.7. The third kappa shape index (κ3) is 8.18. The van der Waals surface area contributed by atoms with E-state index in [0.29, 0.717) is 0 Å². The number of rotatable bonds is 5. The fraction of sp³-hybridized carbons (Fsp3) is 0.500. The van der Waals surface area contributed by atoms with Crippen molar-refractivity contribution < 1.29 is 0 Å². The van der Waals surface area contributed by atoms with Gasteiger partial charge in [0.2, 0.25) is 0 Å². The van der Waals surface area contributed by atoms with Crippen LogP contribution in [0.2, 0.25) is 0 Å². The number of hydrogen-bond donors (Lipinski definition) is 0. The Labute approximate surface area is 71.6 Å². The van der Waals surface area contributed by atoms with Crippen molar-refractivity contribution in [1.29, 1.82) is 0 Å². The molecule has 0 fully saturated rings. The first-order valence-electron chi connectivity index (χ1n) is 3.16. The lowest BCUT2D eigenvalue weighted by atomic mass is 10.4. The SMILES string of the molecule is C=C(C)CSSCC(=C)C. The molecule has 0 amide bonds. The molecule has 0 bridgehead atoms. The Balaban J connectivity index is 3.06. The van der Waals surface area contributed by atoms with Gasteiger partial charge in [0, 0.05) is 11.5 Å². The van der Waals surface area contributed by atoms with Crippen molar-refractivity contribution in [1.82, 2.24) is 0 Å². The highest BCUT2D eigenvalue weighted by Gasteiger charge is 1.89. The molecule has 0 aromatic carbocycles. The minimum absolute atomic E-state index is 1.05. The van der Waals surface area contributed by atoms with Crippen LogP contribution >= 0.6 is 21.6 Å². The second kappa shape index (κ2) is 5.93. The molecule has 0 radical (unpaired) electrons. The van der Waals surface area contributed by atoms with E-state index in [1.807, 2.05) is 35.4 Å². The molecular weight excluding hydrogens is 160 g/mol. The highest BCUT2D eigenvalue weighted by Crippen LogP contribution is 2.24. The Hall–Kier alpha value is 0.180. The van der Waals surface area contributed by atoms with Gasteiger partial charge in [0.25, 0.3) is 0 Å². The molecule has 10 heavy (non-hydrogen) atoms. The van der Waals surface area contributed by atoms with Crippen LogP contribution in [0.5, 0.6) is 0 Å². The largest absolute Gasteiger partial charge is 0.0993 e. The summed E-state index contributed by atoms with van der Waals surface area (Å²) in [4.78, 5) is 0. The van der Waals surface area contributed by atoms with Gasteiger partial charge in [0.15, 0.2) is 0 Å². The maximum atomic E-state index is 3.82. The van der Waals surface area contributed by atoms with E-state index in [0.717, 1.165) is 11.5 Å². The molecule has 0 aliphatic rings. The van der Waals surface area contributed by atoms with Crippen LogP contribution in [0, 0.1) is 0 Å². The zero-order valence-electron chi connectivity index (χ0n) is 6.64. The van der Waals surface area contributed by atoms with E-state index < -0.39 is 0 Å². The average molecular weight is 174 g/mol. The van der Waals surface area contributed by atoms with Crippen molar-refractivity contribution in [3.8, 4) is 0 Å². The van der Waals surface area contributed by atoms with Crippen molar-refractivity contribution in [3.05, 3.63) is 24.3 Å². The molecule has 0 unspecified atom stereocenters. The minimum Gasteiger partial charge on any atom is -0.0993 e. The highest BCUT2D eigenvalue weighted by atomic mass is 33.1. The second-order valence-corrected chi connectivity index (χ2v) is 4.90. The molecule has 0 rings (SSSR count). The molecule has 0 atom stereocenters.